The molecule has 0 spiro atoms. The molecular weight excluding hydrogens is 419 g/mol. The average molecular weight is 439 g/mol. The molecule has 1 atom stereocenters. The molecule has 0 radical (unpaired) electrons. The van der Waals surface area contributed by atoms with E-state index in [1.807, 2.05) is 0 Å². The predicted molar refractivity (Wildman–Crippen MR) is 119 cm³/mol. The van der Waals surface area contributed by atoms with Crippen LogP contribution in [0.4, 0.5) is 16.2 Å². The zero-order valence-corrected chi connectivity index (χ0v) is 17.3. The van der Waals surface area contributed by atoms with Gasteiger partial charge in [-0.05, 0) is 49.2 Å². The molecule has 0 saturated carbocycles. The monoisotopic (exact) mass is 438 g/mol. The van der Waals surface area contributed by atoms with E-state index < -0.39 is 5.82 Å². The number of rotatable bonds is 5. The number of nitrogens with one attached hydrogen (secondary N) is 1. The number of aromatic nitrogens is 4. The number of nitrogens with two attached hydrogens (primary N) is 1. The summed E-state index contributed by atoms with van der Waals surface area (Å²) in [6.45, 7) is 1.32. The van der Waals surface area contributed by atoms with E-state index >= 15 is 0 Å². The third-order valence-electron chi connectivity index (χ3n) is 5.28. The molecule has 0 unspecified atom stereocenters. The van der Waals surface area contributed by atoms with Gasteiger partial charge in [0.05, 0.1) is 22.9 Å². The number of ether oxygens (including phenoxy) is 1. The first-order valence-electron chi connectivity index (χ1n) is 10.0. The van der Waals surface area contributed by atoms with Crippen LogP contribution in [0.15, 0.2) is 48.5 Å². The summed E-state index contributed by atoms with van der Waals surface area (Å²) in [6.07, 6.45) is 2.12. The molecule has 158 valence electrons. The molecule has 1 aliphatic rings. The maximum atomic E-state index is 14.7. The van der Waals surface area contributed by atoms with Gasteiger partial charge >= 0.3 is 0 Å². The maximum Gasteiger partial charge on any atom is 0.225 e. The minimum absolute atomic E-state index is 0.105. The van der Waals surface area contributed by atoms with Crippen LogP contribution in [0.5, 0.6) is 0 Å². The van der Waals surface area contributed by atoms with Crippen molar-refractivity contribution in [2.45, 2.75) is 18.9 Å². The molecule has 4 aromatic rings. The van der Waals surface area contributed by atoms with Crippen LogP contribution in [0.2, 0.25) is 5.02 Å². The van der Waals surface area contributed by atoms with Gasteiger partial charge in [0.2, 0.25) is 5.95 Å². The lowest BCUT2D eigenvalue weighted by molar-refractivity contribution is 0.120. The van der Waals surface area contributed by atoms with E-state index in [1.165, 1.54) is 6.07 Å². The number of benzene rings is 2. The SMILES string of the molecule is Nc1c2c(-c3ccccc3F)nc(NC[C@H]3CCCO3)nc2nn1-c1ccc(Cl)cc1. The van der Waals surface area contributed by atoms with Crippen molar-refractivity contribution in [3.05, 3.63) is 59.4 Å². The van der Waals surface area contributed by atoms with Gasteiger partial charge in [-0.3, -0.25) is 0 Å². The van der Waals surface area contributed by atoms with Crippen LogP contribution in [0.3, 0.4) is 0 Å². The van der Waals surface area contributed by atoms with Crippen LogP contribution < -0.4 is 11.1 Å². The van der Waals surface area contributed by atoms with Crippen molar-refractivity contribution in [1.29, 1.82) is 0 Å². The molecule has 2 aromatic carbocycles. The summed E-state index contributed by atoms with van der Waals surface area (Å²) in [7, 11) is 0. The van der Waals surface area contributed by atoms with Crippen molar-refractivity contribution in [1.82, 2.24) is 19.7 Å². The Morgan fingerprint density at radius 1 is 1.16 bits per heavy atom. The van der Waals surface area contributed by atoms with Gasteiger partial charge in [-0.1, -0.05) is 23.7 Å². The second kappa shape index (κ2) is 8.13. The topological polar surface area (TPSA) is 90.9 Å². The van der Waals surface area contributed by atoms with Crippen LogP contribution in [0.25, 0.3) is 28.0 Å². The lowest BCUT2D eigenvalue weighted by Crippen LogP contribution is -2.19. The lowest BCUT2D eigenvalue weighted by Gasteiger charge is -2.12. The van der Waals surface area contributed by atoms with E-state index in [-0.39, 0.29) is 6.10 Å². The van der Waals surface area contributed by atoms with Crippen molar-refractivity contribution in [2.24, 2.45) is 0 Å². The Morgan fingerprint density at radius 2 is 1.97 bits per heavy atom. The van der Waals surface area contributed by atoms with Gasteiger partial charge in [-0.2, -0.15) is 4.98 Å². The van der Waals surface area contributed by atoms with Crippen molar-refractivity contribution in [2.75, 3.05) is 24.2 Å². The second-order valence-electron chi connectivity index (χ2n) is 7.36. The molecule has 0 bridgehead atoms. The van der Waals surface area contributed by atoms with Gasteiger partial charge in [0.1, 0.15) is 11.6 Å². The average Bonchev–Trinajstić information content (AvgIpc) is 3.41. The van der Waals surface area contributed by atoms with Crippen molar-refractivity contribution >= 4 is 34.4 Å². The fourth-order valence-corrected chi connectivity index (χ4v) is 3.85. The summed E-state index contributed by atoms with van der Waals surface area (Å²) in [4.78, 5) is 9.14. The third-order valence-corrected chi connectivity index (χ3v) is 5.53. The van der Waals surface area contributed by atoms with Gasteiger partial charge < -0.3 is 15.8 Å². The normalized spacial score (nSPS) is 16.1. The number of anilines is 2. The van der Waals surface area contributed by atoms with E-state index in [0.717, 1.165) is 19.4 Å². The minimum Gasteiger partial charge on any atom is -0.383 e. The van der Waals surface area contributed by atoms with Crippen LogP contribution in [-0.2, 0) is 4.74 Å². The van der Waals surface area contributed by atoms with E-state index in [4.69, 9.17) is 22.1 Å². The highest BCUT2D eigenvalue weighted by Gasteiger charge is 2.22. The number of hydrogen-bond acceptors (Lipinski definition) is 6. The quantitative estimate of drug-likeness (QED) is 0.478. The summed E-state index contributed by atoms with van der Waals surface area (Å²) in [6, 6.07) is 13.6. The Balaban J connectivity index is 1.65. The molecule has 2 aromatic heterocycles. The highest BCUT2D eigenvalue weighted by atomic mass is 35.5. The highest BCUT2D eigenvalue weighted by molar-refractivity contribution is 6.30. The number of nitrogens with zero attached hydrogens (tertiary/aromatic N) is 4. The first-order valence-corrected chi connectivity index (χ1v) is 10.4. The molecule has 31 heavy (non-hydrogen) atoms. The molecule has 3 N–H and O–H groups in total. The Kier molecular flexibility index (Phi) is 5.17. The number of halogens is 2. The summed E-state index contributed by atoms with van der Waals surface area (Å²) in [5.41, 5.74) is 8.25. The van der Waals surface area contributed by atoms with E-state index in [9.17, 15) is 4.39 Å². The van der Waals surface area contributed by atoms with Crippen LogP contribution in [0, 0.1) is 5.82 Å². The Labute approximate surface area is 183 Å². The first-order chi connectivity index (χ1) is 15.1. The predicted octanol–water partition coefficient (Wildman–Crippen LogP) is 4.45. The minimum atomic E-state index is -0.397. The van der Waals surface area contributed by atoms with Crippen molar-refractivity contribution in [3.63, 3.8) is 0 Å². The summed E-state index contributed by atoms with van der Waals surface area (Å²) in [5, 5.41) is 8.87. The Hall–Kier alpha value is -3.23. The van der Waals surface area contributed by atoms with Gasteiger partial charge in [0, 0.05) is 23.7 Å². The van der Waals surface area contributed by atoms with Crippen LogP contribution in [0.1, 0.15) is 12.8 Å². The molecule has 1 fully saturated rings. The van der Waals surface area contributed by atoms with Gasteiger partial charge in [0.15, 0.2) is 5.65 Å². The number of fused-ring (bicyclic) bond motifs is 1. The summed E-state index contributed by atoms with van der Waals surface area (Å²) < 4.78 is 21.9. The fourth-order valence-electron chi connectivity index (χ4n) is 3.73. The summed E-state index contributed by atoms with van der Waals surface area (Å²) >= 11 is 6.01. The first kappa shape index (κ1) is 19.7. The molecule has 1 saturated heterocycles. The maximum absolute atomic E-state index is 14.7. The van der Waals surface area contributed by atoms with Gasteiger partial charge in [-0.15, -0.1) is 5.10 Å². The number of nitrogen functional groups attached to an aromatic ring is 1. The molecule has 7 nitrogen and oxygen atoms in total. The Morgan fingerprint density at radius 3 is 2.71 bits per heavy atom. The molecule has 5 rings (SSSR count). The highest BCUT2D eigenvalue weighted by Crippen LogP contribution is 2.34. The number of hydrogen-bond donors (Lipinski definition) is 2. The standard InChI is InChI=1S/C22H20ClFN6O/c23-13-7-9-14(10-8-13)30-20(25)18-19(16-5-1-2-6-17(16)24)27-22(28-21(18)29-30)26-12-15-4-3-11-31-15/h1-2,5-10,15H,3-4,11-12,25H2,(H,26,28,29)/t15-/m1/s1. The second-order valence-corrected chi connectivity index (χ2v) is 7.80. The molecule has 1 aliphatic heterocycles. The smallest absolute Gasteiger partial charge is 0.225 e. The molecular formula is C22H20ClFN6O. The van der Waals surface area contributed by atoms with E-state index in [0.29, 0.717) is 51.3 Å². The van der Waals surface area contributed by atoms with Crippen molar-refractivity contribution in [3.8, 4) is 16.9 Å². The summed E-state index contributed by atoms with van der Waals surface area (Å²) in [5.74, 6) is 0.273. The van der Waals surface area contributed by atoms with Gasteiger partial charge in [-0.25, -0.2) is 14.1 Å². The molecule has 3 heterocycles. The van der Waals surface area contributed by atoms with E-state index in [1.54, 1.807) is 47.1 Å². The van der Waals surface area contributed by atoms with E-state index in [2.05, 4.69) is 20.4 Å². The third kappa shape index (κ3) is 3.80. The zero-order chi connectivity index (χ0) is 21.4. The largest absolute Gasteiger partial charge is 0.383 e. The molecule has 0 aliphatic carbocycles. The zero-order valence-electron chi connectivity index (χ0n) is 16.6. The van der Waals surface area contributed by atoms with Gasteiger partial charge in [0.25, 0.3) is 0 Å². The Bertz CT molecular complexity index is 1240. The molecule has 9 heteroatoms. The van der Waals surface area contributed by atoms with Crippen LogP contribution >= 0.6 is 11.6 Å². The van der Waals surface area contributed by atoms with Crippen LogP contribution in [-0.4, -0.2) is 39.0 Å². The van der Waals surface area contributed by atoms with Crippen molar-refractivity contribution < 1.29 is 9.13 Å². The molecule has 0 amide bonds. The fraction of sp³-hybridized carbons (Fsp3) is 0.227. The lowest BCUT2D eigenvalue weighted by atomic mass is 10.1.